The summed E-state index contributed by atoms with van der Waals surface area (Å²) < 4.78 is 26.6. The van der Waals surface area contributed by atoms with Crippen molar-refractivity contribution >= 4 is 21.1 Å². The molecule has 6 heteroatoms. The summed E-state index contributed by atoms with van der Waals surface area (Å²) in [6, 6.07) is 25.6. The first kappa shape index (κ1) is 20.2. The Labute approximate surface area is 176 Å². The number of rotatable bonds is 6. The third-order valence-corrected chi connectivity index (χ3v) is 6.73. The summed E-state index contributed by atoms with van der Waals surface area (Å²) >= 11 is 0. The Hall–Kier alpha value is -3.09. The van der Waals surface area contributed by atoms with E-state index in [-0.39, 0.29) is 6.54 Å². The van der Waals surface area contributed by atoms with Crippen LogP contribution < -0.4 is 4.72 Å². The first-order chi connectivity index (χ1) is 14.4. The highest BCUT2D eigenvalue weighted by molar-refractivity contribution is 7.90. The van der Waals surface area contributed by atoms with Crippen LogP contribution in [0.15, 0.2) is 78.9 Å². The van der Waals surface area contributed by atoms with Gasteiger partial charge in [-0.3, -0.25) is 0 Å². The van der Waals surface area contributed by atoms with Gasteiger partial charge in [0.05, 0.1) is 27.7 Å². The number of aromatic nitrogens is 2. The number of hydrogen-bond donors (Lipinski definition) is 1. The van der Waals surface area contributed by atoms with E-state index in [2.05, 4.69) is 4.72 Å². The first-order valence-corrected chi connectivity index (χ1v) is 11.4. The predicted octanol–water partition coefficient (Wildman–Crippen LogP) is 4.79. The zero-order valence-corrected chi connectivity index (χ0v) is 17.7. The predicted molar refractivity (Wildman–Crippen MR) is 121 cm³/mol. The van der Waals surface area contributed by atoms with E-state index in [1.54, 1.807) is 13.8 Å². The maximum atomic E-state index is 12.0. The highest BCUT2D eigenvalue weighted by Crippen LogP contribution is 2.31. The molecule has 0 amide bonds. The zero-order valence-electron chi connectivity index (χ0n) is 16.9. The van der Waals surface area contributed by atoms with E-state index in [1.807, 2.05) is 78.9 Å². The molecule has 152 valence electrons. The van der Waals surface area contributed by atoms with Crippen LogP contribution in [0.25, 0.3) is 33.5 Å². The second-order valence-corrected chi connectivity index (χ2v) is 9.71. The Kier molecular flexibility index (Phi) is 5.61. The average molecular weight is 418 g/mol. The molecule has 0 spiro atoms. The minimum Gasteiger partial charge on any atom is -0.244 e. The molecule has 0 radical (unpaired) electrons. The minimum absolute atomic E-state index is 0.260. The quantitative estimate of drug-likeness (QED) is 0.489. The van der Waals surface area contributed by atoms with E-state index in [4.69, 9.17) is 9.97 Å². The van der Waals surface area contributed by atoms with Crippen molar-refractivity contribution in [3.8, 4) is 22.5 Å². The van der Waals surface area contributed by atoms with Gasteiger partial charge >= 0.3 is 0 Å². The molecule has 4 rings (SSSR count). The fourth-order valence-electron chi connectivity index (χ4n) is 3.13. The lowest BCUT2D eigenvalue weighted by atomic mass is 10.0. The lowest BCUT2D eigenvalue weighted by Gasteiger charge is -2.12. The van der Waals surface area contributed by atoms with Gasteiger partial charge < -0.3 is 0 Å². The van der Waals surface area contributed by atoms with Gasteiger partial charge in [0.15, 0.2) is 0 Å². The Balaban J connectivity index is 1.72. The van der Waals surface area contributed by atoms with Crippen LogP contribution in [0, 0.1) is 0 Å². The Bertz CT molecular complexity index is 1270. The molecule has 0 aliphatic rings. The van der Waals surface area contributed by atoms with Gasteiger partial charge in [-0.2, -0.15) is 0 Å². The molecule has 0 aliphatic carbocycles. The topological polar surface area (TPSA) is 72.0 Å². The molecule has 0 fully saturated rings. The van der Waals surface area contributed by atoms with Gasteiger partial charge in [-0.25, -0.2) is 23.1 Å². The van der Waals surface area contributed by atoms with E-state index < -0.39 is 15.3 Å². The van der Waals surface area contributed by atoms with Crippen LogP contribution in [0.4, 0.5) is 0 Å². The van der Waals surface area contributed by atoms with Crippen molar-refractivity contribution in [2.75, 3.05) is 0 Å². The molecule has 1 aromatic heterocycles. The van der Waals surface area contributed by atoms with Gasteiger partial charge in [-0.15, -0.1) is 0 Å². The number of benzene rings is 3. The fourth-order valence-corrected chi connectivity index (χ4v) is 3.83. The number of hydrogen-bond acceptors (Lipinski definition) is 4. The van der Waals surface area contributed by atoms with Crippen molar-refractivity contribution in [2.45, 2.75) is 25.6 Å². The van der Waals surface area contributed by atoms with Crippen LogP contribution in [-0.2, 0) is 16.6 Å². The van der Waals surface area contributed by atoms with E-state index in [9.17, 15) is 8.42 Å². The molecule has 4 aromatic rings. The monoisotopic (exact) mass is 417 g/mol. The Morgan fingerprint density at radius 1 is 0.733 bits per heavy atom. The third-order valence-electron chi connectivity index (χ3n) is 4.94. The average Bonchev–Trinajstić information content (AvgIpc) is 2.78. The molecular formula is C24H23N3O2S. The van der Waals surface area contributed by atoms with Crippen molar-refractivity contribution in [2.24, 2.45) is 0 Å². The Morgan fingerprint density at radius 2 is 1.23 bits per heavy atom. The summed E-state index contributed by atoms with van der Waals surface area (Å²) in [6.07, 6.45) is 0. The van der Waals surface area contributed by atoms with E-state index >= 15 is 0 Å². The van der Waals surface area contributed by atoms with Crippen molar-refractivity contribution in [3.63, 3.8) is 0 Å². The molecule has 3 aromatic carbocycles. The maximum Gasteiger partial charge on any atom is 0.214 e. The Morgan fingerprint density at radius 3 is 1.77 bits per heavy atom. The molecule has 5 nitrogen and oxygen atoms in total. The summed E-state index contributed by atoms with van der Waals surface area (Å²) in [4.78, 5) is 9.76. The molecule has 0 bridgehead atoms. The number of fused-ring (bicyclic) bond motifs is 1. The maximum absolute atomic E-state index is 12.0. The van der Waals surface area contributed by atoms with E-state index in [1.165, 1.54) is 0 Å². The molecular weight excluding hydrogens is 394 g/mol. The van der Waals surface area contributed by atoms with Crippen molar-refractivity contribution < 1.29 is 8.42 Å². The molecule has 1 heterocycles. The second kappa shape index (κ2) is 8.34. The van der Waals surface area contributed by atoms with Crippen molar-refractivity contribution in [3.05, 3.63) is 84.4 Å². The summed E-state index contributed by atoms with van der Waals surface area (Å²) in [6.45, 7) is 3.58. The SMILES string of the molecule is CC(C)S(=O)(=O)NCc1ccc(-c2nc3ccccc3nc2-c2ccccc2)cc1. The molecule has 0 atom stereocenters. The summed E-state index contributed by atoms with van der Waals surface area (Å²) in [7, 11) is -3.30. The molecule has 0 saturated carbocycles. The van der Waals surface area contributed by atoms with E-state index in [0.29, 0.717) is 0 Å². The minimum atomic E-state index is -3.30. The molecule has 0 aliphatic heterocycles. The first-order valence-electron chi connectivity index (χ1n) is 9.84. The van der Waals surface area contributed by atoms with Gasteiger partial charge in [-0.1, -0.05) is 66.7 Å². The van der Waals surface area contributed by atoms with Gasteiger partial charge in [0.2, 0.25) is 10.0 Å². The summed E-state index contributed by atoms with van der Waals surface area (Å²) in [5, 5.41) is -0.460. The molecule has 0 unspecified atom stereocenters. The van der Waals surface area contributed by atoms with Crippen LogP contribution in [0.2, 0.25) is 0 Å². The third kappa shape index (κ3) is 4.25. The van der Waals surface area contributed by atoms with Gasteiger partial charge in [0.25, 0.3) is 0 Å². The largest absolute Gasteiger partial charge is 0.244 e. The molecule has 0 saturated heterocycles. The number of nitrogens with one attached hydrogen (secondary N) is 1. The van der Waals surface area contributed by atoms with Crippen molar-refractivity contribution in [1.82, 2.24) is 14.7 Å². The van der Waals surface area contributed by atoms with Crippen LogP contribution in [0.5, 0.6) is 0 Å². The van der Waals surface area contributed by atoms with Crippen LogP contribution >= 0.6 is 0 Å². The lowest BCUT2D eigenvalue weighted by Crippen LogP contribution is -2.30. The number of para-hydroxylation sites is 2. The normalized spacial score (nSPS) is 11.8. The van der Waals surface area contributed by atoms with Crippen molar-refractivity contribution in [1.29, 1.82) is 0 Å². The number of sulfonamides is 1. The molecule has 1 N–H and O–H groups in total. The lowest BCUT2D eigenvalue weighted by molar-refractivity contribution is 0.572. The zero-order chi connectivity index (χ0) is 21.1. The highest BCUT2D eigenvalue weighted by Gasteiger charge is 2.16. The van der Waals surface area contributed by atoms with Crippen LogP contribution in [0.3, 0.4) is 0 Å². The summed E-state index contributed by atoms with van der Waals surface area (Å²) in [5.41, 5.74) is 6.12. The summed E-state index contributed by atoms with van der Waals surface area (Å²) in [5.74, 6) is 0. The van der Waals surface area contributed by atoms with Gasteiger partial charge in [0.1, 0.15) is 0 Å². The highest BCUT2D eigenvalue weighted by atomic mass is 32.2. The standard InChI is InChI=1S/C24H23N3O2S/c1-17(2)30(28,29)25-16-18-12-14-20(15-13-18)24-23(19-8-4-3-5-9-19)26-21-10-6-7-11-22(21)27-24/h3-15,17,25H,16H2,1-2H3. The second-order valence-electron chi connectivity index (χ2n) is 7.39. The van der Waals surface area contributed by atoms with Crippen LogP contribution in [0.1, 0.15) is 19.4 Å². The van der Waals surface area contributed by atoms with Gasteiger partial charge in [-0.05, 0) is 31.5 Å². The molecule has 30 heavy (non-hydrogen) atoms. The van der Waals surface area contributed by atoms with Crippen LogP contribution in [-0.4, -0.2) is 23.6 Å². The van der Waals surface area contributed by atoms with E-state index in [0.717, 1.165) is 39.1 Å². The smallest absolute Gasteiger partial charge is 0.214 e. The number of nitrogens with zero attached hydrogens (tertiary/aromatic N) is 2. The fraction of sp³-hybridized carbons (Fsp3) is 0.167. The van der Waals surface area contributed by atoms with Gasteiger partial charge in [0, 0.05) is 17.7 Å².